The molecule has 2 fully saturated rings. The van der Waals surface area contributed by atoms with E-state index >= 15 is 0 Å². The molecule has 0 N–H and O–H groups in total. The maximum absolute atomic E-state index is 12.6. The lowest BCUT2D eigenvalue weighted by atomic mass is 9.84. The normalized spacial score (nSPS) is 16.1. The second-order valence-electron chi connectivity index (χ2n) is 20.6. The summed E-state index contributed by atoms with van der Waals surface area (Å²) in [6, 6.07) is 24.7. The molecule has 2 aliphatic rings. The number of rotatable bonds is 6. The third-order valence-electron chi connectivity index (χ3n) is 12.4. The highest BCUT2D eigenvalue weighted by molar-refractivity contribution is 8.93. The van der Waals surface area contributed by atoms with Crippen molar-refractivity contribution in [3.63, 3.8) is 0 Å². The first-order chi connectivity index (χ1) is 36.5. The summed E-state index contributed by atoms with van der Waals surface area (Å²) in [5.41, 5.74) is 10.7. The second kappa shape index (κ2) is 40.9. The molecule has 6 aromatic rings. The standard InChI is InChI=1S/C12H17S7.C8H8F2.C8H9F.C8H16.C8H10.C7H9N.C6H8N2.C6H12O2.CH4/c1-3-4-5-6-10-7-11(18(13)14)9(2)12(8-10)19(15,16)17;1-5-3-7(9)6(2)8(10)4-5;1-6-3-4-7(2)8(9)5-6;2*1-7-3-5-8(2)6-4-7;1-6-3-4-7(2)8-5-6;2*1-5-3-7-6(2)8-4-5;/h7-8H,3-6H2,1-2H3,(H,15,16,17);3-4H,1-2H3;3-5H,1-2H3;7-8H,3-6H2,1-2H3;3-6H,1-2H3;3-5H,1-2H3;3-4H,1-2H3;5-6H,3-4H2,1-2H3;1H4/q-1;;;;;;;;. The summed E-state index contributed by atoms with van der Waals surface area (Å²) < 4.78 is 48.1. The van der Waals surface area contributed by atoms with Crippen LogP contribution in [0.15, 0.2) is 107 Å². The number of aryl methyl sites for hydroxylation is 10. The minimum atomic E-state index is -1.87. The van der Waals surface area contributed by atoms with Crippen LogP contribution in [-0.2, 0) is 74.8 Å². The topological polar surface area (TPSA) is 57.1 Å². The number of thiol groups is 1. The molecule has 0 amide bonds. The van der Waals surface area contributed by atoms with E-state index in [4.69, 9.17) is 54.2 Å². The summed E-state index contributed by atoms with van der Waals surface area (Å²) in [5, 5.41) is 0. The molecule has 0 atom stereocenters. The zero-order chi connectivity index (χ0) is 59.1. The molecule has 15 heteroatoms. The van der Waals surface area contributed by atoms with E-state index in [0.29, 0.717) is 17.0 Å². The maximum atomic E-state index is 12.6. The lowest BCUT2D eigenvalue weighted by Crippen LogP contribution is -2.27. The van der Waals surface area contributed by atoms with Gasteiger partial charge in [0.05, 0.1) is 13.2 Å². The molecular weight excluding hydrogens is 1120 g/mol. The van der Waals surface area contributed by atoms with Crippen LogP contribution >= 0.6 is 11.7 Å². The predicted octanol–water partition coefficient (Wildman–Crippen LogP) is 18.5. The predicted molar refractivity (Wildman–Crippen MR) is 351 cm³/mol. The molecule has 1 aliphatic heterocycles. The number of hydrogen-bond acceptors (Lipinski definition) is 10. The Morgan fingerprint density at radius 2 is 1.01 bits per heavy atom. The van der Waals surface area contributed by atoms with E-state index in [-0.39, 0.29) is 25.1 Å². The van der Waals surface area contributed by atoms with Crippen molar-refractivity contribution in [1.82, 2.24) is 15.0 Å². The molecule has 3 heterocycles. The number of aromatic nitrogens is 3. The van der Waals surface area contributed by atoms with Crippen LogP contribution in [0.4, 0.5) is 13.2 Å². The highest BCUT2D eigenvalue weighted by atomic mass is 33.5. The van der Waals surface area contributed by atoms with Gasteiger partial charge in [-0.2, -0.15) is 0 Å². The van der Waals surface area contributed by atoms with Crippen LogP contribution in [0.25, 0.3) is 0 Å². The van der Waals surface area contributed by atoms with Crippen LogP contribution < -0.4 is 0 Å². The van der Waals surface area contributed by atoms with Crippen molar-refractivity contribution in [3.05, 3.63) is 182 Å². The van der Waals surface area contributed by atoms with E-state index in [1.165, 1.54) is 92.3 Å². The Balaban J connectivity index is 0.000000900. The van der Waals surface area contributed by atoms with Crippen molar-refractivity contribution >= 4 is 70.6 Å². The van der Waals surface area contributed by atoms with Crippen LogP contribution in [0, 0.1) is 111 Å². The Kier molecular flexibility index (Phi) is 39.2. The first kappa shape index (κ1) is 75.8. The summed E-state index contributed by atoms with van der Waals surface area (Å²) in [4.78, 5) is 14.0. The van der Waals surface area contributed by atoms with Crippen LogP contribution in [0.5, 0.6) is 0 Å². The summed E-state index contributed by atoms with van der Waals surface area (Å²) in [7, 11) is -0.600. The molecule has 0 radical (unpaired) electrons. The Hall–Kier alpha value is -3.25. The second-order valence-corrected chi connectivity index (χ2v) is 32.3. The van der Waals surface area contributed by atoms with E-state index in [0.717, 1.165) is 69.5 Å². The van der Waals surface area contributed by atoms with E-state index in [2.05, 4.69) is 111 Å². The van der Waals surface area contributed by atoms with E-state index < -0.39 is 25.8 Å². The van der Waals surface area contributed by atoms with Crippen LogP contribution in [0.2, 0.25) is 0 Å². The molecule has 4 aromatic carbocycles. The number of hydrogen-bond donors (Lipinski definition) is 1. The Morgan fingerprint density at radius 3 is 1.39 bits per heavy atom. The smallest absolute Gasteiger partial charge is 0.154 e. The minimum absolute atomic E-state index is 0. The number of halogens is 3. The number of ether oxygens (including phenoxy) is 2. The molecule has 79 heavy (non-hydrogen) atoms. The van der Waals surface area contributed by atoms with Gasteiger partial charge in [0.1, 0.15) is 23.3 Å². The third kappa shape index (κ3) is 34.7. The lowest BCUT2D eigenvalue weighted by Gasteiger charge is -2.24. The van der Waals surface area contributed by atoms with Gasteiger partial charge >= 0.3 is 0 Å². The number of nitrogens with zero attached hydrogens (tertiary/aromatic N) is 3. The molecule has 1 saturated heterocycles. The monoisotopic (exact) mass is 1220 g/mol. The average Bonchev–Trinajstić information content (AvgIpc) is 3.38. The largest absolute Gasteiger partial charge is 0.353 e. The highest BCUT2D eigenvalue weighted by Crippen LogP contribution is 2.28. The van der Waals surface area contributed by atoms with Crippen molar-refractivity contribution < 1.29 is 22.6 Å². The summed E-state index contributed by atoms with van der Waals surface area (Å²) in [6.45, 7) is 33.5. The molecule has 8 rings (SSSR count). The quantitative estimate of drug-likeness (QED) is 0.0761. The molecule has 1 aliphatic carbocycles. The third-order valence-corrected chi connectivity index (χ3v) is 16.9. The summed E-state index contributed by atoms with van der Waals surface area (Å²) in [6.07, 6.45) is 14.2. The van der Waals surface area contributed by atoms with Gasteiger partial charge in [0.2, 0.25) is 0 Å². The van der Waals surface area contributed by atoms with Gasteiger partial charge in [0.15, 0.2) is 6.29 Å². The molecular formula is C64H93F3N3O2S7-. The Labute approximate surface area is 503 Å². The van der Waals surface area contributed by atoms with Gasteiger partial charge in [-0.15, -0.1) is 4.90 Å². The van der Waals surface area contributed by atoms with Crippen molar-refractivity contribution in [3.8, 4) is 0 Å². The molecule has 1 saturated carbocycles. The van der Waals surface area contributed by atoms with Crippen LogP contribution in [-0.4, -0.2) is 34.5 Å². The van der Waals surface area contributed by atoms with Gasteiger partial charge in [-0.25, -0.2) is 23.1 Å². The Morgan fingerprint density at radius 1 is 0.557 bits per heavy atom. The Bertz CT molecular complexity index is 2590. The van der Waals surface area contributed by atoms with E-state index in [1.807, 2.05) is 79.2 Å². The number of pyridine rings is 1. The fourth-order valence-electron chi connectivity index (χ4n) is 7.11. The zero-order valence-electron chi connectivity index (χ0n) is 49.3. The first-order valence-corrected chi connectivity index (χ1v) is 34.4. The van der Waals surface area contributed by atoms with Crippen LogP contribution in [0.1, 0.15) is 154 Å². The average molecular weight is 1220 g/mol. The molecule has 2 aromatic heterocycles. The van der Waals surface area contributed by atoms with Crippen molar-refractivity contribution in [2.24, 2.45) is 17.8 Å². The first-order valence-electron chi connectivity index (χ1n) is 26.8. The van der Waals surface area contributed by atoms with Crippen molar-refractivity contribution in [2.45, 2.75) is 186 Å². The maximum Gasteiger partial charge on any atom is 0.154 e. The number of unbranched alkanes of at least 4 members (excludes halogenated alkanes) is 2. The van der Waals surface area contributed by atoms with Crippen molar-refractivity contribution in [1.29, 1.82) is 0 Å². The zero-order valence-corrected chi connectivity index (χ0v) is 55.1. The highest BCUT2D eigenvalue weighted by Gasteiger charge is 2.14. The molecule has 0 unspecified atom stereocenters. The molecule has 440 valence electrons. The number of benzene rings is 4. The van der Waals surface area contributed by atoms with Gasteiger partial charge in [-0.3, -0.25) is 27.4 Å². The van der Waals surface area contributed by atoms with Crippen molar-refractivity contribution in [2.75, 3.05) is 13.2 Å². The fraction of sp³-hybridized carbons (Fsp3) is 0.484. The molecule has 0 bridgehead atoms. The van der Waals surface area contributed by atoms with Crippen LogP contribution in [0.3, 0.4) is 0 Å². The van der Waals surface area contributed by atoms with Gasteiger partial charge in [-0.05, 0) is 200 Å². The molecule has 0 spiro atoms. The summed E-state index contributed by atoms with van der Waals surface area (Å²) >= 11 is 25.7. The van der Waals surface area contributed by atoms with Gasteiger partial charge in [-0.1, -0.05) is 151 Å². The summed E-state index contributed by atoms with van der Waals surface area (Å²) in [5.74, 6) is 2.38. The minimum Gasteiger partial charge on any atom is -0.353 e. The fourth-order valence-corrected chi connectivity index (χ4v) is 11.2. The van der Waals surface area contributed by atoms with E-state index in [9.17, 15) is 13.2 Å². The van der Waals surface area contributed by atoms with Gasteiger partial charge in [0.25, 0.3) is 0 Å². The van der Waals surface area contributed by atoms with E-state index in [1.54, 1.807) is 19.9 Å². The van der Waals surface area contributed by atoms with Gasteiger partial charge < -0.3 is 17.5 Å². The SMILES string of the molecule is C.CC1CCC(C)CC1.CC1COC(C)OC1.CCCCCc1cc([S-](=S)=S)c(C)c(S(=S)(=S)S)c1.Cc1cc(F)c(C)c(F)c1.Cc1ccc(C)c(F)c1.Cc1ccc(C)cc1.Cc1ccc(C)nc1.Cc1cnc(C)nc1. The molecule has 5 nitrogen and oxygen atoms in total. The lowest BCUT2D eigenvalue weighted by molar-refractivity contribution is -0.187. The van der Waals surface area contributed by atoms with Gasteiger partial charge in [0, 0.05) is 40.7 Å².